The molecule has 0 bridgehead atoms. The first-order valence-electron chi connectivity index (χ1n) is 51.0. The summed E-state index contributed by atoms with van der Waals surface area (Å²) in [5.74, 6) is -37.4. The predicted molar refractivity (Wildman–Crippen MR) is 309 cm³/mol. The number of amides is 4. The van der Waals surface area contributed by atoms with Crippen LogP contribution in [0.5, 0.6) is 23.0 Å². The number of aliphatic hydroxyl groups excluding tert-OH is 1. The number of ether oxygens (including phenoxy) is 6. The summed E-state index contributed by atoms with van der Waals surface area (Å²) in [6.45, 7) is -35.1. The molecule has 0 radical (unpaired) electrons. The fourth-order valence-electron chi connectivity index (χ4n) is 6.04. The van der Waals surface area contributed by atoms with E-state index in [9.17, 15) is 29.5 Å². The summed E-state index contributed by atoms with van der Waals surface area (Å²) in [7, 11) is -4.97. The zero-order chi connectivity index (χ0) is 108. The number of hydrogen-bond donors (Lipinski definition) is 8. The third-order valence-corrected chi connectivity index (χ3v) is 10.8. The van der Waals surface area contributed by atoms with E-state index in [1.54, 1.807) is 28.1 Å². The first-order chi connectivity index (χ1) is 59.5. The molecule has 2 aromatic rings. The van der Waals surface area contributed by atoms with Gasteiger partial charge in [0.1, 0.15) is 5.65 Å². The molecule has 2 aromatic carbocycles. The molecule has 0 unspecified atom stereocenters. The number of nitrogens with one attached hydrogen (secondary N) is 2. The summed E-state index contributed by atoms with van der Waals surface area (Å²) in [5, 5.41) is 7.54. The van der Waals surface area contributed by atoms with E-state index < -0.39 is 240 Å². The van der Waals surface area contributed by atoms with Crippen LogP contribution >= 0.6 is 0 Å². The van der Waals surface area contributed by atoms with Gasteiger partial charge in [0.25, 0.3) is 0 Å². The van der Waals surface area contributed by atoms with E-state index in [-0.39, 0.29) is 30.7 Å². The van der Waals surface area contributed by atoms with Gasteiger partial charge in [-0.05, 0) is 137 Å². The molecule has 78 heavy (non-hydrogen) atoms. The number of methoxy groups -OCH3 is 4. The smallest absolute Gasteiger partial charge is 0.224 e. The second kappa shape index (κ2) is 35.8. The topological polar surface area (TPSA) is 292 Å². The molecule has 0 aliphatic rings. The maximum absolute atomic E-state index is 15.2. The van der Waals surface area contributed by atoms with Gasteiger partial charge in [-0.3, -0.25) is 19.2 Å². The lowest BCUT2D eigenvalue weighted by Gasteiger charge is -2.30. The van der Waals surface area contributed by atoms with Crippen LogP contribution in [-0.4, -0.2) is 129 Å². The summed E-state index contributed by atoms with van der Waals surface area (Å²) >= 11 is 0. The highest BCUT2D eigenvalue weighted by Gasteiger charge is 2.34. The highest BCUT2D eigenvalue weighted by molar-refractivity contribution is 5.83. The number of benzene rings is 2. The number of aliphatic hydroxyl groups is 2. The van der Waals surface area contributed by atoms with Gasteiger partial charge < -0.3 is 72.2 Å². The molecule has 0 heterocycles. The average molecular weight is 1160 g/mol. The lowest BCUT2D eigenvalue weighted by molar-refractivity contribution is -0.131. The lowest BCUT2D eigenvalue weighted by atomic mass is 9.80. The molecular weight excluding hydrogens is 997 g/mol. The van der Waals surface area contributed by atoms with E-state index in [4.69, 9.17) is 93.3 Å². The summed E-state index contributed by atoms with van der Waals surface area (Å²) in [6, 6.07) is -8.88. The van der Waals surface area contributed by atoms with Crippen LogP contribution in [0, 0.1) is 58.1 Å². The second-order valence-corrected chi connectivity index (χ2v) is 17.9. The SMILES string of the molecule is [2H]O[C@@H](C[C@H](C(=O)N([2H])CC(C)(C)C(N)=O)C(C)C)[C@H](C[C@H](Cc1ccc(OC)c(OCCCOC)c1)C(C)C)N([2H])[2H].[2H]O[C@@]([2H])(C([2H])([2H])[C@]([2H])(C(=O)N([2H])C([2H])([2H])C(C(=O)N([2H])[2H])(C([2H])([2H])[2H])C([2H])([2H])[2H])C([2H])(C([2H])([2H])[2H])C([2H])([2H])[2H])[C@@]([2H])(N([2H])[2H])C([2H])([2H])[C@]([2H])(C([2H])([2H])c1c([2H])c([2H])c(OC([2H])([2H])[2H])c(OC([2H])([2H])C([2H])([2H])C([2H])([2H])OC([2H])([2H])[2H])c1[2H])C([2H])(C([2H])([2H])[2H])C([2H])([2H])[2H]. The Hall–Kier alpha value is -4.72. The van der Waals surface area contributed by atoms with E-state index in [0.29, 0.717) is 43.3 Å². The Bertz CT molecular complexity index is 4320. The fraction of sp³-hybridized carbons (Fsp3) is 0.733. The zero-order valence-corrected chi connectivity index (χ0v) is 43.9. The van der Waals surface area contributed by atoms with Crippen LogP contribution in [0.15, 0.2) is 36.3 Å². The van der Waals surface area contributed by atoms with Gasteiger partial charge in [0, 0.05) is 120 Å². The number of hydrogen-bond acceptors (Lipinski definition) is 14. The van der Waals surface area contributed by atoms with Crippen molar-refractivity contribution < 1.29 is 134 Å². The van der Waals surface area contributed by atoms with Gasteiger partial charge in [-0.25, -0.2) is 0 Å². The Kier molecular flexibility index (Phi) is 10.4. The minimum absolute atomic E-state index is 0.00725. The van der Waals surface area contributed by atoms with E-state index in [2.05, 4.69) is 28.4 Å². The Morgan fingerprint density at radius 1 is 0.821 bits per heavy atom. The van der Waals surface area contributed by atoms with Gasteiger partial charge in [0.2, 0.25) is 26.5 Å². The summed E-state index contributed by atoms with van der Waals surface area (Å²) in [4.78, 5) is 53.8. The summed E-state index contributed by atoms with van der Waals surface area (Å²) in [6.07, 6.45) is -29.1. The van der Waals surface area contributed by atoms with Crippen LogP contribution in [0.1, 0.15) is 197 Å². The van der Waals surface area contributed by atoms with Gasteiger partial charge in [-0.1, -0.05) is 67.2 Å². The van der Waals surface area contributed by atoms with Crippen molar-refractivity contribution in [2.24, 2.45) is 81.0 Å². The maximum atomic E-state index is 15.2. The van der Waals surface area contributed by atoms with Crippen molar-refractivity contribution in [3.8, 4) is 23.0 Å². The van der Waals surface area contributed by atoms with Crippen molar-refractivity contribution in [3.63, 3.8) is 0 Å². The van der Waals surface area contributed by atoms with Crippen molar-refractivity contribution in [3.05, 3.63) is 47.5 Å². The van der Waals surface area contributed by atoms with Gasteiger partial charge >= 0.3 is 0 Å². The Morgan fingerprint density at radius 3 is 2.21 bits per heavy atom. The van der Waals surface area contributed by atoms with E-state index in [1.807, 2.05) is 32.0 Å². The predicted octanol–water partition coefficient (Wildman–Crippen LogP) is 6.59. The number of carbonyl (C=O) groups excluding carboxylic acids is 4. The quantitative estimate of drug-likeness (QED) is 0.0326. The maximum Gasteiger partial charge on any atom is 0.224 e. The van der Waals surface area contributed by atoms with Crippen molar-refractivity contribution >= 4 is 23.6 Å². The molecule has 0 spiro atoms. The second-order valence-electron chi connectivity index (χ2n) is 17.9. The third kappa shape index (κ3) is 25.6. The van der Waals surface area contributed by atoms with E-state index in [0.717, 1.165) is 17.3 Å². The van der Waals surface area contributed by atoms with Crippen molar-refractivity contribution in [2.75, 3.05) is 67.7 Å². The highest BCUT2D eigenvalue weighted by atomic mass is 16.5. The van der Waals surface area contributed by atoms with Crippen LogP contribution in [0.3, 0.4) is 0 Å². The van der Waals surface area contributed by atoms with Gasteiger partial charge in [0.15, 0.2) is 28.6 Å². The molecular formula is C60H106N6O12. The summed E-state index contributed by atoms with van der Waals surface area (Å²) < 4.78 is 506. The van der Waals surface area contributed by atoms with Gasteiger partial charge in [-0.15, -0.1) is 0 Å². The van der Waals surface area contributed by atoms with Crippen LogP contribution < -0.4 is 52.5 Å². The molecule has 18 heteroatoms. The van der Waals surface area contributed by atoms with Crippen LogP contribution in [0.2, 0.25) is 11.3 Å². The first-order valence-corrected chi connectivity index (χ1v) is 23.1. The largest absolute Gasteiger partial charge is 0.493 e. The average Bonchev–Trinajstić information content (AvgIpc) is 0.647. The molecule has 2 rings (SSSR count). The normalized spacial score (nSPS) is 30.2. The molecule has 0 aliphatic heterocycles. The van der Waals surface area contributed by atoms with E-state index >= 15 is 4.79 Å². The van der Waals surface area contributed by atoms with E-state index in [1.165, 1.54) is 0 Å². The van der Waals surface area contributed by atoms with Crippen molar-refractivity contribution in [2.45, 2.75) is 158 Å². The molecule has 0 saturated heterocycles. The number of carbonyl (C=O) groups is 4. The Morgan fingerprint density at radius 2 is 1.60 bits per heavy atom. The first kappa shape index (κ1) is 22.6. The number of nitrogens with two attached hydrogens (primary N) is 4. The molecule has 12 N–H and O–H groups in total. The standard InChI is InChI=1S/2C30H53N3O6/c2*1-19(2)22(14-21-10-11-26(38-8)27(15-21)39-13-9-12-37-7)16-24(31)25(34)17-23(20(3)4)28(35)33-18-30(5,6)29(32)36/h2*10-11,15,19-20,22-25,34H,9,12-14,16-18,31H2,1-8H3,(H2,32,36)(H,33,35)/t2*22-,23-,24-,25-/m00/s1/i1D3,2D3,3D3,4D3,5D3,6D3,7D3,8D3,9D2,10D,11D,12D2,13D2,14D2,15D,16D2,17D2,18D2,19D,20D,22D,23D,24D,25D,34D;34D/hD8. The third-order valence-electron chi connectivity index (χ3n) is 10.8. The minimum atomic E-state index is -6.47. The van der Waals surface area contributed by atoms with Gasteiger partial charge in [-0.2, -0.15) is 0 Å². The number of rotatable bonds is 42. The van der Waals surface area contributed by atoms with Crippen molar-refractivity contribution in [1.29, 1.82) is 2.86 Å². The van der Waals surface area contributed by atoms with Gasteiger partial charge in [0.05, 0.1) is 72.3 Å². The Labute approximate surface area is 549 Å². The monoisotopic (exact) mass is 1160 g/mol. The molecule has 18 nitrogen and oxygen atoms in total. The molecule has 8 atom stereocenters. The van der Waals surface area contributed by atoms with Crippen LogP contribution in [0.25, 0.3) is 0 Å². The zero-order valence-electron chi connectivity index (χ0n) is 101. The molecule has 4 amide bonds. The molecule has 0 aromatic heterocycles. The Balaban J connectivity index is 0.00000176. The lowest BCUT2D eigenvalue weighted by Crippen LogP contribution is -2.46. The van der Waals surface area contributed by atoms with Crippen molar-refractivity contribution in [1.82, 2.24) is 10.6 Å². The molecule has 0 aliphatic carbocycles. The summed E-state index contributed by atoms with van der Waals surface area (Å²) in [5.41, 5.74) is -6.02. The molecule has 0 fully saturated rings. The highest BCUT2D eigenvalue weighted by Crippen LogP contribution is 2.34. The fourth-order valence-corrected chi connectivity index (χ4v) is 6.04. The van der Waals surface area contributed by atoms with Crippen LogP contribution in [-0.2, 0) is 41.4 Å². The number of primary amides is 2. The van der Waals surface area contributed by atoms with Crippen LogP contribution in [0.4, 0.5) is 0 Å². The minimum Gasteiger partial charge on any atom is -0.493 e. The molecule has 448 valence electrons. The molecule has 0 saturated carbocycles.